The second-order valence-electron chi connectivity index (χ2n) is 4.80. The molecule has 0 bridgehead atoms. The van der Waals surface area contributed by atoms with Crippen molar-refractivity contribution in [2.24, 2.45) is 5.92 Å². The predicted molar refractivity (Wildman–Crippen MR) is 78.7 cm³/mol. The molecule has 2 amide bonds. The van der Waals surface area contributed by atoms with Gasteiger partial charge >= 0.3 is 6.03 Å². The van der Waals surface area contributed by atoms with Gasteiger partial charge in [-0.25, -0.2) is 9.18 Å². The minimum Gasteiger partial charge on any atom is -0.381 e. The molecule has 112 valence electrons. The van der Waals surface area contributed by atoms with Crippen LogP contribution in [0.1, 0.15) is 20.3 Å². The van der Waals surface area contributed by atoms with Crippen molar-refractivity contribution in [1.82, 2.24) is 5.32 Å². The van der Waals surface area contributed by atoms with E-state index in [1.54, 1.807) is 6.07 Å². The van der Waals surface area contributed by atoms with E-state index in [-0.39, 0.29) is 10.7 Å². The maximum Gasteiger partial charge on any atom is 0.319 e. The van der Waals surface area contributed by atoms with E-state index < -0.39 is 11.8 Å². The van der Waals surface area contributed by atoms with Crippen LogP contribution in [-0.2, 0) is 4.74 Å². The van der Waals surface area contributed by atoms with Crippen LogP contribution >= 0.6 is 11.6 Å². The largest absolute Gasteiger partial charge is 0.381 e. The number of urea groups is 1. The van der Waals surface area contributed by atoms with Crippen LogP contribution in [0, 0.1) is 11.7 Å². The van der Waals surface area contributed by atoms with Gasteiger partial charge in [-0.15, -0.1) is 0 Å². The maximum atomic E-state index is 13.5. The Bertz CT molecular complexity index is 441. The SMILES string of the molecule is CC(C)COCCCNC(=O)Nc1cccc(Cl)c1F. The molecule has 6 heteroatoms. The van der Waals surface area contributed by atoms with Crippen molar-refractivity contribution in [3.63, 3.8) is 0 Å². The molecule has 0 saturated heterocycles. The lowest BCUT2D eigenvalue weighted by Gasteiger charge is -2.09. The molecule has 0 atom stereocenters. The van der Waals surface area contributed by atoms with Crippen LogP contribution in [-0.4, -0.2) is 25.8 Å². The molecule has 1 aromatic carbocycles. The van der Waals surface area contributed by atoms with E-state index in [1.165, 1.54) is 12.1 Å². The maximum absolute atomic E-state index is 13.5. The summed E-state index contributed by atoms with van der Waals surface area (Å²) in [5, 5.41) is 5.01. The van der Waals surface area contributed by atoms with Crippen molar-refractivity contribution in [2.45, 2.75) is 20.3 Å². The van der Waals surface area contributed by atoms with E-state index in [0.717, 1.165) is 0 Å². The second kappa shape index (κ2) is 8.76. The Morgan fingerprint density at radius 2 is 2.20 bits per heavy atom. The zero-order valence-electron chi connectivity index (χ0n) is 11.7. The smallest absolute Gasteiger partial charge is 0.319 e. The van der Waals surface area contributed by atoms with Crippen LogP contribution in [0.5, 0.6) is 0 Å². The molecule has 0 aromatic heterocycles. The zero-order valence-corrected chi connectivity index (χ0v) is 12.5. The third kappa shape index (κ3) is 6.21. The van der Waals surface area contributed by atoms with Gasteiger partial charge in [0.15, 0.2) is 5.82 Å². The monoisotopic (exact) mass is 302 g/mol. The summed E-state index contributed by atoms with van der Waals surface area (Å²) >= 11 is 5.62. The lowest BCUT2D eigenvalue weighted by Crippen LogP contribution is -2.30. The highest BCUT2D eigenvalue weighted by atomic mass is 35.5. The molecule has 0 aliphatic heterocycles. The Kier molecular flexibility index (Phi) is 7.33. The second-order valence-corrected chi connectivity index (χ2v) is 5.21. The molecular weight excluding hydrogens is 283 g/mol. The number of carbonyl (C=O) groups is 1. The fourth-order valence-electron chi connectivity index (χ4n) is 1.46. The van der Waals surface area contributed by atoms with Gasteiger partial charge in [0.25, 0.3) is 0 Å². The number of halogens is 2. The predicted octanol–water partition coefficient (Wildman–Crippen LogP) is 3.66. The number of amides is 2. The number of ether oxygens (including phenoxy) is 1. The van der Waals surface area contributed by atoms with Crippen molar-refractivity contribution in [1.29, 1.82) is 0 Å². The first-order valence-electron chi connectivity index (χ1n) is 6.57. The minimum atomic E-state index is -0.635. The lowest BCUT2D eigenvalue weighted by molar-refractivity contribution is 0.108. The Morgan fingerprint density at radius 1 is 1.45 bits per heavy atom. The summed E-state index contributed by atoms with van der Waals surface area (Å²) < 4.78 is 18.9. The van der Waals surface area contributed by atoms with Gasteiger partial charge in [-0.2, -0.15) is 0 Å². The van der Waals surface area contributed by atoms with Gasteiger partial charge in [0.05, 0.1) is 10.7 Å². The van der Waals surface area contributed by atoms with E-state index in [0.29, 0.717) is 32.1 Å². The van der Waals surface area contributed by atoms with Gasteiger partial charge in [0, 0.05) is 19.8 Å². The number of hydrogen-bond acceptors (Lipinski definition) is 2. The van der Waals surface area contributed by atoms with E-state index in [2.05, 4.69) is 24.5 Å². The minimum absolute atomic E-state index is 0.0233. The standard InChI is InChI=1S/C14H20ClFN2O2/c1-10(2)9-20-8-4-7-17-14(19)18-12-6-3-5-11(15)13(12)16/h3,5-6,10H,4,7-9H2,1-2H3,(H2,17,18,19). The summed E-state index contributed by atoms with van der Waals surface area (Å²) in [5.41, 5.74) is 0.0612. The normalized spacial score (nSPS) is 10.7. The highest BCUT2D eigenvalue weighted by Crippen LogP contribution is 2.21. The fourth-order valence-corrected chi connectivity index (χ4v) is 1.64. The Balaban J connectivity index is 2.22. The topological polar surface area (TPSA) is 50.4 Å². The highest BCUT2D eigenvalue weighted by molar-refractivity contribution is 6.31. The average Bonchev–Trinajstić information content (AvgIpc) is 2.39. The van der Waals surface area contributed by atoms with Crippen molar-refractivity contribution < 1.29 is 13.9 Å². The molecule has 0 fully saturated rings. The Morgan fingerprint density at radius 3 is 2.90 bits per heavy atom. The fraction of sp³-hybridized carbons (Fsp3) is 0.500. The van der Waals surface area contributed by atoms with Crippen molar-refractivity contribution in [2.75, 3.05) is 25.1 Å². The van der Waals surface area contributed by atoms with Crippen LogP contribution in [0.15, 0.2) is 18.2 Å². The van der Waals surface area contributed by atoms with Crippen molar-refractivity contribution >= 4 is 23.3 Å². The molecule has 20 heavy (non-hydrogen) atoms. The van der Waals surface area contributed by atoms with Crippen LogP contribution in [0.3, 0.4) is 0 Å². The molecule has 0 heterocycles. The third-order valence-corrected chi connectivity index (χ3v) is 2.69. The van der Waals surface area contributed by atoms with E-state index in [9.17, 15) is 9.18 Å². The first kappa shape index (κ1) is 16.7. The number of rotatable bonds is 7. The number of anilines is 1. The van der Waals surface area contributed by atoms with Gasteiger partial charge in [0.1, 0.15) is 0 Å². The van der Waals surface area contributed by atoms with Crippen molar-refractivity contribution in [3.8, 4) is 0 Å². The Labute approximate surface area is 123 Å². The summed E-state index contributed by atoms with van der Waals surface area (Å²) in [5.74, 6) is -0.137. The van der Waals surface area contributed by atoms with Crippen LogP contribution in [0.25, 0.3) is 0 Å². The number of nitrogens with one attached hydrogen (secondary N) is 2. The summed E-state index contributed by atoms with van der Waals surface area (Å²) in [6.07, 6.45) is 0.707. The molecule has 0 radical (unpaired) electrons. The summed E-state index contributed by atoms with van der Waals surface area (Å²) in [6, 6.07) is 3.98. The van der Waals surface area contributed by atoms with Gasteiger partial charge in [-0.3, -0.25) is 0 Å². The zero-order chi connectivity index (χ0) is 15.0. The van der Waals surface area contributed by atoms with Gasteiger partial charge in [-0.05, 0) is 24.5 Å². The molecule has 4 nitrogen and oxygen atoms in total. The molecule has 0 aliphatic rings. The van der Waals surface area contributed by atoms with Crippen LogP contribution in [0.4, 0.5) is 14.9 Å². The molecule has 0 unspecified atom stereocenters. The highest BCUT2D eigenvalue weighted by Gasteiger charge is 2.08. The molecule has 0 aliphatic carbocycles. The van der Waals surface area contributed by atoms with Gasteiger partial charge < -0.3 is 15.4 Å². The van der Waals surface area contributed by atoms with Gasteiger partial charge in [-0.1, -0.05) is 31.5 Å². The van der Waals surface area contributed by atoms with Gasteiger partial charge in [0.2, 0.25) is 0 Å². The lowest BCUT2D eigenvalue weighted by atomic mass is 10.2. The van der Waals surface area contributed by atoms with E-state index in [4.69, 9.17) is 16.3 Å². The number of benzene rings is 1. The number of carbonyl (C=O) groups excluding carboxylic acids is 1. The third-order valence-electron chi connectivity index (χ3n) is 2.40. The van der Waals surface area contributed by atoms with Crippen molar-refractivity contribution in [3.05, 3.63) is 29.0 Å². The molecule has 1 rings (SSSR count). The molecule has 0 saturated carbocycles. The first-order valence-corrected chi connectivity index (χ1v) is 6.95. The quantitative estimate of drug-likeness (QED) is 0.755. The summed E-state index contributed by atoms with van der Waals surface area (Å²) in [4.78, 5) is 11.5. The first-order chi connectivity index (χ1) is 9.50. The molecule has 2 N–H and O–H groups in total. The molecule has 0 spiro atoms. The number of hydrogen-bond donors (Lipinski definition) is 2. The van der Waals surface area contributed by atoms with E-state index >= 15 is 0 Å². The average molecular weight is 303 g/mol. The molecule has 1 aromatic rings. The summed E-state index contributed by atoms with van der Waals surface area (Å²) in [6.45, 7) is 5.91. The summed E-state index contributed by atoms with van der Waals surface area (Å²) in [7, 11) is 0. The van der Waals surface area contributed by atoms with Crippen LogP contribution < -0.4 is 10.6 Å². The van der Waals surface area contributed by atoms with E-state index in [1.807, 2.05) is 0 Å². The molecular formula is C14H20ClFN2O2. The Hall–Kier alpha value is -1.33. The van der Waals surface area contributed by atoms with Crippen LogP contribution in [0.2, 0.25) is 5.02 Å².